The lowest BCUT2D eigenvalue weighted by atomic mass is 10.1. The normalized spacial score (nSPS) is 26.5. The van der Waals surface area contributed by atoms with Crippen LogP contribution in [0.1, 0.15) is 6.23 Å². The fraction of sp³-hybridized carbons (Fsp3) is 0.500. The van der Waals surface area contributed by atoms with Crippen molar-refractivity contribution in [1.82, 2.24) is 19.5 Å². The zero-order valence-corrected chi connectivity index (χ0v) is 13.1. The second kappa shape index (κ2) is 6.69. The molecule has 0 unspecified atom stereocenters. The Kier molecular flexibility index (Phi) is 4.62. The van der Waals surface area contributed by atoms with Crippen molar-refractivity contribution in [2.75, 3.05) is 20.8 Å². The highest BCUT2D eigenvalue weighted by atomic mass is 16.6. The molecule has 3 heterocycles. The van der Waals surface area contributed by atoms with Gasteiger partial charge in [0, 0.05) is 12.4 Å². The summed E-state index contributed by atoms with van der Waals surface area (Å²) in [7, 11) is 2.92. The SMILES string of the molecule is COc1ncc(-c2cn([C@@H]3O[C@H](CO)[C@@H](O)[C@H]3O)cn2)c(OC)n1. The molecule has 130 valence electrons. The first kappa shape index (κ1) is 16.6. The molecular weight excluding hydrogens is 320 g/mol. The minimum absolute atomic E-state index is 0.165. The van der Waals surface area contributed by atoms with E-state index in [1.807, 2.05) is 0 Å². The van der Waals surface area contributed by atoms with Crippen LogP contribution in [-0.2, 0) is 4.74 Å². The molecule has 3 rings (SSSR count). The number of rotatable bonds is 5. The molecule has 10 heteroatoms. The largest absolute Gasteiger partial charge is 0.480 e. The first-order valence-electron chi connectivity index (χ1n) is 7.20. The monoisotopic (exact) mass is 338 g/mol. The molecule has 0 spiro atoms. The predicted octanol–water partition coefficient (Wildman–Crippen LogP) is -1.03. The zero-order chi connectivity index (χ0) is 17.3. The van der Waals surface area contributed by atoms with Crippen molar-refractivity contribution in [2.45, 2.75) is 24.5 Å². The van der Waals surface area contributed by atoms with E-state index in [-0.39, 0.29) is 11.9 Å². The molecule has 0 aromatic carbocycles. The van der Waals surface area contributed by atoms with Gasteiger partial charge in [0.2, 0.25) is 5.88 Å². The van der Waals surface area contributed by atoms with Crippen molar-refractivity contribution in [3.63, 3.8) is 0 Å². The van der Waals surface area contributed by atoms with Crippen molar-refractivity contribution < 1.29 is 29.5 Å². The predicted molar refractivity (Wildman–Crippen MR) is 79.4 cm³/mol. The van der Waals surface area contributed by atoms with Gasteiger partial charge >= 0.3 is 6.01 Å². The molecule has 4 atom stereocenters. The molecule has 3 N–H and O–H groups in total. The summed E-state index contributed by atoms with van der Waals surface area (Å²) in [5.74, 6) is 0.285. The number of methoxy groups -OCH3 is 2. The molecule has 0 bridgehead atoms. The first-order chi connectivity index (χ1) is 11.6. The summed E-state index contributed by atoms with van der Waals surface area (Å²) in [6.45, 7) is -0.392. The third-order valence-electron chi connectivity index (χ3n) is 3.80. The van der Waals surface area contributed by atoms with Crippen LogP contribution in [0.25, 0.3) is 11.3 Å². The molecule has 2 aromatic heterocycles. The van der Waals surface area contributed by atoms with Gasteiger partial charge in [-0.25, -0.2) is 9.97 Å². The van der Waals surface area contributed by atoms with Crippen LogP contribution < -0.4 is 9.47 Å². The quantitative estimate of drug-likeness (QED) is 0.626. The second-order valence-electron chi connectivity index (χ2n) is 5.21. The Morgan fingerprint density at radius 3 is 2.62 bits per heavy atom. The Labute approximate surface area is 137 Å². The molecule has 1 aliphatic rings. The average Bonchev–Trinajstić information content (AvgIpc) is 3.20. The van der Waals surface area contributed by atoms with E-state index in [2.05, 4.69) is 15.0 Å². The Morgan fingerprint density at radius 2 is 2.00 bits per heavy atom. The number of hydrogen-bond acceptors (Lipinski definition) is 9. The van der Waals surface area contributed by atoms with Gasteiger partial charge in [-0.3, -0.25) is 0 Å². The minimum Gasteiger partial charge on any atom is -0.480 e. The molecule has 1 aliphatic heterocycles. The second-order valence-corrected chi connectivity index (χ2v) is 5.21. The van der Waals surface area contributed by atoms with Crippen molar-refractivity contribution in [2.24, 2.45) is 0 Å². The number of aromatic nitrogens is 4. The van der Waals surface area contributed by atoms with Crippen molar-refractivity contribution >= 4 is 0 Å². The van der Waals surface area contributed by atoms with E-state index in [4.69, 9.17) is 19.3 Å². The van der Waals surface area contributed by atoms with E-state index in [1.165, 1.54) is 31.3 Å². The Bertz CT molecular complexity index is 708. The maximum Gasteiger partial charge on any atom is 0.319 e. The summed E-state index contributed by atoms with van der Waals surface area (Å²) in [5.41, 5.74) is 1.02. The van der Waals surface area contributed by atoms with Gasteiger partial charge < -0.3 is 34.1 Å². The molecule has 0 amide bonds. The third kappa shape index (κ3) is 2.80. The molecule has 2 aromatic rings. The van der Waals surface area contributed by atoms with Gasteiger partial charge in [0.25, 0.3) is 0 Å². The van der Waals surface area contributed by atoms with Crippen LogP contribution in [0, 0.1) is 0 Å². The van der Waals surface area contributed by atoms with E-state index in [0.29, 0.717) is 11.3 Å². The highest BCUT2D eigenvalue weighted by Gasteiger charge is 2.43. The van der Waals surface area contributed by atoms with Gasteiger partial charge in [-0.1, -0.05) is 0 Å². The van der Waals surface area contributed by atoms with Gasteiger partial charge in [0.05, 0.1) is 38.4 Å². The average molecular weight is 338 g/mol. The number of imidazole rings is 1. The Morgan fingerprint density at radius 1 is 1.21 bits per heavy atom. The van der Waals surface area contributed by atoms with Crippen LogP contribution in [-0.4, -0.2) is 74.0 Å². The molecular formula is C14H18N4O6. The van der Waals surface area contributed by atoms with Gasteiger partial charge in [0.15, 0.2) is 6.23 Å². The Hall–Kier alpha value is -2.27. The standard InChI is InChI=1S/C14H18N4O6/c1-22-12-7(3-15-14(17-12)23-2)8-4-18(6-16-8)13-11(21)10(20)9(5-19)24-13/h3-4,6,9-11,13,19-21H,5H2,1-2H3/t9-,10-,11-,13-/m1/s1. The minimum atomic E-state index is -1.18. The number of hydrogen-bond donors (Lipinski definition) is 3. The van der Waals surface area contributed by atoms with E-state index < -0.39 is 31.1 Å². The summed E-state index contributed by atoms with van der Waals surface area (Å²) in [4.78, 5) is 12.3. The topological polar surface area (TPSA) is 132 Å². The maximum absolute atomic E-state index is 10.1. The molecule has 0 radical (unpaired) electrons. The smallest absolute Gasteiger partial charge is 0.319 e. The number of nitrogens with zero attached hydrogens (tertiary/aromatic N) is 4. The van der Waals surface area contributed by atoms with Gasteiger partial charge in [-0.2, -0.15) is 4.98 Å². The van der Waals surface area contributed by atoms with Gasteiger partial charge in [-0.05, 0) is 0 Å². The molecule has 10 nitrogen and oxygen atoms in total. The van der Waals surface area contributed by atoms with Crippen molar-refractivity contribution in [1.29, 1.82) is 0 Å². The summed E-state index contributed by atoms with van der Waals surface area (Å²) < 4.78 is 17.1. The van der Waals surface area contributed by atoms with E-state index in [0.717, 1.165) is 0 Å². The van der Waals surface area contributed by atoms with Gasteiger partial charge in [0.1, 0.15) is 18.3 Å². The lowest BCUT2D eigenvalue weighted by molar-refractivity contribution is -0.0527. The number of aliphatic hydroxyl groups excluding tert-OH is 3. The number of aliphatic hydroxyl groups is 3. The van der Waals surface area contributed by atoms with Crippen LogP contribution >= 0.6 is 0 Å². The fourth-order valence-corrected chi connectivity index (χ4v) is 2.52. The summed E-state index contributed by atoms with van der Waals surface area (Å²) >= 11 is 0. The molecule has 0 aliphatic carbocycles. The summed E-state index contributed by atoms with van der Waals surface area (Å²) in [6, 6.07) is 0.165. The fourth-order valence-electron chi connectivity index (χ4n) is 2.52. The summed E-state index contributed by atoms with van der Waals surface area (Å²) in [5, 5.41) is 29.0. The number of ether oxygens (including phenoxy) is 3. The van der Waals surface area contributed by atoms with Crippen LogP contribution in [0.15, 0.2) is 18.7 Å². The first-order valence-corrected chi connectivity index (χ1v) is 7.20. The lowest BCUT2D eigenvalue weighted by Crippen LogP contribution is -2.33. The zero-order valence-electron chi connectivity index (χ0n) is 13.1. The molecule has 0 saturated carbocycles. The van der Waals surface area contributed by atoms with Crippen LogP contribution in [0.2, 0.25) is 0 Å². The molecule has 24 heavy (non-hydrogen) atoms. The van der Waals surface area contributed by atoms with Crippen LogP contribution in [0.3, 0.4) is 0 Å². The van der Waals surface area contributed by atoms with Crippen LogP contribution in [0.5, 0.6) is 11.9 Å². The van der Waals surface area contributed by atoms with Crippen molar-refractivity contribution in [3.05, 3.63) is 18.7 Å². The van der Waals surface area contributed by atoms with Crippen LogP contribution in [0.4, 0.5) is 0 Å². The lowest BCUT2D eigenvalue weighted by Gasteiger charge is -2.15. The van der Waals surface area contributed by atoms with Crippen molar-refractivity contribution in [3.8, 4) is 23.1 Å². The molecule has 1 saturated heterocycles. The highest BCUT2D eigenvalue weighted by Crippen LogP contribution is 2.32. The summed E-state index contributed by atoms with van der Waals surface area (Å²) in [6.07, 6.45) is 0.489. The Balaban J connectivity index is 1.89. The van der Waals surface area contributed by atoms with Gasteiger partial charge in [-0.15, -0.1) is 0 Å². The van der Waals surface area contributed by atoms with E-state index in [9.17, 15) is 10.2 Å². The van der Waals surface area contributed by atoms with E-state index in [1.54, 1.807) is 6.20 Å². The maximum atomic E-state index is 10.1. The highest BCUT2D eigenvalue weighted by molar-refractivity contribution is 5.63. The molecule has 1 fully saturated rings. The third-order valence-corrected chi connectivity index (χ3v) is 3.80. The van der Waals surface area contributed by atoms with E-state index >= 15 is 0 Å².